The average molecular weight is 452 g/mol. The number of carbonyl (C=O) groups is 1. The summed E-state index contributed by atoms with van der Waals surface area (Å²) < 4.78 is 16.1. The molecule has 1 fully saturated rings. The van der Waals surface area contributed by atoms with Crippen LogP contribution in [-0.2, 0) is 11.3 Å². The van der Waals surface area contributed by atoms with Gasteiger partial charge in [-0.1, -0.05) is 42.1 Å². The Hall–Kier alpha value is -3.13. The van der Waals surface area contributed by atoms with Crippen LogP contribution in [0.1, 0.15) is 5.56 Å². The van der Waals surface area contributed by atoms with Crippen LogP contribution in [0.15, 0.2) is 66.3 Å². The lowest BCUT2D eigenvalue weighted by Gasteiger charge is -2.36. The summed E-state index contributed by atoms with van der Waals surface area (Å²) in [6.45, 7) is 9.29. The normalized spacial score (nSPS) is 13.9. The third kappa shape index (κ3) is 4.85. The molecule has 0 radical (unpaired) electrons. The number of benzene rings is 2. The molecule has 1 aliphatic heterocycles. The lowest BCUT2D eigenvalue weighted by atomic mass is 10.2. The lowest BCUT2D eigenvalue weighted by Crippen LogP contribution is -2.49. The van der Waals surface area contributed by atoms with Crippen molar-refractivity contribution < 1.29 is 9.18 Å². The van der Waals surface area contributed by atoms with Crippen LogP contribution in [0.5, 0.6) is 0 Å². The van der Waals surface area contributed by atoms with Crippen LogP contribution < -0.4 is 4.90 Å². The van der Waals surface area contributed by atoms with Crippen molar-refractivity contribution in [2.24, 2.45) is 0 Å². The molecule has 0 unspecified atom stereocenters. The summed E-state index contributed by atoms with van der Waals surface area (Å²) in [6.07, 6.45) is 1.71. The Morgan fingerprint density at radius 2 is 1.91 bits per heavy atom. The highest BCUT2D eigenvalue weighted by Crippen LogP contribution is 2.26. The number of carbonyl (C=O) groups excluding carboxylic acids is 1. The van der Waals surface area contributed by atoms with Crippen molar-refractivity contribution in [2.45, 2.75) is 18.6 Å². The van der Waals surface area contributed by atoms with Crippen LogP contribution in [0.25, 0.3) is 11.4 Å². The number of thioether (sulfide) groups is 1. The first-order chi connectivity index (χ1) is 15.6. The molecule has 1 aromatic heterocycles. The van der Waals surface area contributed by atoms with Gasteiger partial charge in [-0.2, -0.15) is 0 Å². The van der Waals surface area contributed by atoms with Crippen molar-refractivity contribution in [2.75, 3.05) is 36.8 Å². The number of nitrogens with zero attached hydrogens (tertiary/aromatic N) is 5. The topological polar surface area (TPSA) is 54.3 Å². The maximum absolute atomic E-state index is 14.3. The molecule has 0 saturated carbocycles. The molecule has 32 heavy (non-hydrogen) atoms. The van der Waals surface area contributed by atoms with E-state index in [1.54, 1.807) is 28.8 Å². The zero-order valence-corrected chi connectivity index (χ0v) is 18.9. The van der Waals surface area contributed by atoms with Gasteiger partial charge in [0.15, 0.2) is 11.0 Å². The molecular weight excluding hydrogens is 425 g/mol. The van der Waals surface area contributed by atoms with Gasteiger partial charge in [0.2, 0.25) is 5.91 Å². The molecule has 3 aromatic rings. The van der Waals surface area contributed by atoms with Gasteiger partial charge < -0.3 is 9.80 Å². The SMILES string of the molecule is C=CCn1c(SCC(=O)N2CCN(c3cccc(C)c3)CC2)nnc1-c1ccccc1F. The van der Waals surface area contributed by atoms with E-state index < -0.39 is 0 Å². The van der Waals surface area contributed by atoms with Gasteiger partial charge in [-0.25, -0.2) is 4.39 Å². The van der Waals surface area contributed by atoms with Crippen LogP contribution in [0, 0.1) is 12.7 Å². The fourth-order valence-electron chi connectivity index (χ4n) is 3.79. The largest absolute Gasteiger partial charge is 0.368 e. The molecule has 8 heteroatoms. The van der Waals surface area contributed by atoms with Crippen LogP contribution in [0.4, 0.5) is 10.1 Å². The quantitative estimate of drug-likeness (QED) is 0.401. The second-order valence-electron chi connectivity index (χ2n) is 7.68. The minimum Gasteiger partial charge on any atom is -0.368 e. The van der Waals surface area contributed by atoms with Gasteiger partial charge in [-0.05, 0) is 36.8 Å². The monoisotopic (exact) mass is 451 g/mol. The van der Waals surface area contributed by atoms with Gasteiger partial charge in [-0.3, -0.25) is 9.36 Å². The van der Waals surface area contributed by atoms with E-state index in [1.165, 1.54) is 29.1 Å². The predicted octanol–water partition coefficient (Wildman–Crippen LogP) is 4.02. The summed E-state index contributed by atoms with van der Waals surface area (Å²) in [5.41, 5.74) is 2.81. The molecule has 2 aromatic carbocycles. The number of aryl methyl sites for hydroxylation is 1. The smallest absolute Gasteiger partial charge is 0.233 e. The van der Waals surface area contributed by atoms with E-state index in [-0.39, 0.29) is 17.5 Å². The third-order valence-electron chi connectivity index (χ3n) is 5.47. The number of rotatable bonds is 7. The van der Waals surface area contributed by atoms with Crippen molar-refractivity contribution in [1.82, 2.24) is 19.7 Å². The highest BCUT2D eigenvalue weighted by molar-refractivity contribution is 7.99. The summed E-state index contributed by atoms with van der Waals surface area (Å²) in [7, 11) is 0. The van der Waals surface area contributed by atoms with E-state index >= 15 is 0 Å². The number of halogens is 1. The fraction of sp³-hybridized carbons (Fsp3) is 0.292. The van der Waals surface area contributed by atoms with Gasteiger partial charge in [-0.15, -0.1) is 16.8 Å². The van der Waals surface area contributed by atoms with Gasteiger partial charge in [0.25, 0.3) is 0 Å². The van der Waals surface area contributed by atoms with E-state index in [0.29, 0.717) is 36.2 Å². The summed E-state index contributed by atoms with van der Waals surface area (Å²) in [6, 6.07) is 14.9. The van der Waals surface area contributed by atoms with Gasteiger partial charge >= 0.3 is 0 Å². The first kappa shape index (κ1) is 22.1. The molecule has 0 aliphatic carbocycles. The Morgan fingerprint density at radius 3 is 2.62 bits per heavy atom. The van der Waals surface area contributed by atoms with Crippen LogP contribution in [0.2, 0.25) is 0 Å². The van der Waals surface area contributed by atoms with E-state index in [4.69, 9.17) is 0 Å². The highest BCUT2D eigenvalue weighted by Gasteiger charge is 2.23. The number of anilines is 1. The van der Waals surface area contributed by atoms with Gasteiger partial charge in [0.05, 0.1) is 11.3 Å². The minimum atomic E-state index is -0.357. The molecular formula is C24H26FN5OS. The van der Waals surface area contributed by atoms with E-state index in [1.807, 2.05) is 4.90 Å². The third-order valence-corrected chi connectivity index (χ3v) is 6.42. The summed E-state index contributed by atoms with van der Waals surface area (Å²) in [4.78, 5) is 17.0. The zero-order valence-electron chi connectivity index (χ0n) is 18.1. The standard InChI is InChI=1S/C24H26FN5OS/c1-3-11-30-23(20-9-4-5-10-21(20)25)26-27-24(30)32-17-22(31)29-14-12-28(13-15-29)19-8-6-7-18(2)16-19/h3-10,16H,1,11-15,17H2,2H3. The molecule has 2 heterocycles. The molecule has 4 rings (SSSR count). The van der Waals surface area contributed by atoms with Crippen molar-refractivity contribution in [3.05, 3.63) is 72.6 Å². The summed E-state index contributed by atoms with van der Waals surface area (Å²) in [5.74, 6) is 0.408. The summed E-state index contributed by atoms with van der Waals surface area (Å²) in [5, 5.41) is 8.97. The van der Waals surface area contributed by atoms with Gasteiger partial charge in [0.1, 0.15) is 5.82 Å². The second kappa shape index (κ2) is 9.99. The molecule has 1 saturated heterocycles. The Bertz CT molecular complexity index is 1110. The number of allylic oxidation sites excluding steroid dienone is 1. The number of hydrogen-bond acceptors (Lipinski definition) is 5. The van der Waals surface area contributed by atoms with E-state index in [2.05, 4.69) is 52.9 Å². The molecule has 166 valence electrons. The van der Waals surface area contributed by atoms with Crippen LogP contribution in [0.3, 0.4) is 0 Å². The number of hydrogen-bond donors (Lipinski definition) is 0. The van der Waals surface area contributed by atoms with Crippen molar-refractivity contribution >= 4 is 23.4 Å². The molecule has 0 atom stereocenters. The van der Waals surface area contributed by atoms with Crippen molar-refractivity contribution in [3.8, 4) is 11.4 Å². The summed E-state index contributed by atoms with van der Waals surface area (Å²) >= 11 is 1.32. The molecule has 0 bridgehead atoms. The number of amides is 1. The molecule has 1 amide bonds. The van der Waals surface area contributed by atoms with Crippen LogP contribution >= 0.6 is 11.8 Å². The average Bonchev–Trinajstić information content (AvgIpc) is 3.20. The van der Waals surface area contributed by atoms with Gasteiger partial charge in [0, 0.05) is 38.4 Å². The molecule has 1 aliphatic rings. The number of aromatic nitrogens is 3. The first-order valence-corrected chi connectivity index (χ1v) is 11.6. The minimum absolute atomic E-state index is 0.0690. The zero-order chi connectivity index (χ0) is 22.5. The molecule has 6 nitrogen and oxygen atoms in total. The van der Waals surface area contributed by atoms with E-state index in [0.717, 1.165) is 13.1 Å². The lowest BCUT2D eigenvalue weighted by molar-refractivity contribution is -0.128. The Labute approximate surface area is 191 Å². The first-order valence-electron chi connectivity index (χ1n) is 10.6. The van der Waals surface area contributed by atoms with Crippen molar-refractivity contribution in [3.63, 3.8) is 0 Å². The second-order valence-corrected chi connectivity index (χ2v) is 8.62. The highest BCUT2D eigenvalue weighted by atomic mass is 32.2. The van der Waals surface area contributed by atoms with Crippen LogP contribution in [-0.4, -0.2) is 57.5 Å². The Kier molecular flexibility index (Phi) is 6.90. The Morgan fingerprint density at radius 1 is 1.12 bits per heavy atom. The maximum Gasteiger partial charge on any atom is 0.233 e. The maximum atomic E-state index is 14.3. The molecule has 0 N–H and O–H groups in total. The van der Waals surface area contributed by atoms with Crippen molar-refractivity contribution in [1.29, 1.82) is 0 Å². The molecule has 0 spiro atoms. The fourth-order valence-corrected chi connectivity index (χ4v) is 4.64. The Balaban J connectivity index is 1.38. The van der Waals surface area contributed by atoms with E-state index in [9.17, 15) is 9.18 Å². The number of piperazine rings is 1. The predicted molar refractivity (Wildman–Crippen MR) is 126 cm³/mol.